The van der Waals surface area contributed by atoms with Gasteiger partial charge in [0.25, 0.3) is 0 Å². The molecule has 0 aliphatic rings. The molecule has 0 radical (unpaired) electrons. The van der Waals surface area contributed by atoms with Crippen LogP contribution < -0.4 is 0 Å². The molecule has 0 aromatic heterocycles. The molecule has 2 nitrogen and oxygen atoms in total. The van der Waals surface area contributed by atoms with Gasteiger partial charge in [-0.15, -0.1) is 0 Å². The molecule has 0 bridgehead atoms. The van der Waals surface area contributed by atoms with Gasteiger partial charge in [0.05, 0.1) is 0 Å². The van der Waals surface area contributed by atoms with Gasteiger partial charge in [0.15, 0.2) is 0 Å². The molecule has 0 unspecified atom stereocenters. The Bertz CT molecular complexity index is 48.3. The molecular formula is C6H14N2W3. The Morgan fingerprint density at radius 2 is 1.27 bits per heavy atom. The van der Waals surface area contributed by atoms with E-state index >= 15 is 0 Å². The third kappa shape index (κ3) is 153. The predicted octanol–water partition coefficient (Wildman–Crippen LogP) is 2.64. The fraction of sp³-hybridized carbons (Fsp3) is 0.833. The van der Waals surface area contributed by atoms with Gasteiger partial charge in [-0.2, -0.15) is 20.8 Å². The molecule has 0 rings (SSSR count). The summed E-state index contributed by atoms with van der Waals surface area (Å²) in [5, 5.41) is 2.74. The van der Waals surface area contributed by atoms with E-state index in [0.29, 0.717) is 6.54 Å². The first-order valence-corrected chi connectivity index (χ1v) is 2.72. The van der Waals surface area contributed by atoms with Gasteiger partial charge in [0.2, 0.25) is 0 Å². The Morgan fingerprint density at radius 3 is 1.27 bits per heavy atom. The van der Waals surface area contributed by atoms with E-state index in [9.17, 15) is 0 Å². The first kappa shape index (κ1) is 29.3. The minimum absolute atomic E-state index is 0. The van der Waals surface area contributed by atoms with Crippen LogP contribution in [0.25, 0.3) is 5.53 Å². The van der Waals surface area contributed by atoms with Crippen molar-refractivity contribution in [1.82, 2.24) is 0 Å². The second kappa shape index (κ2) is 29.9. The Balaban J connectivity index is -0.0000000171. The maximum absolute atomic E-state index is 7.50. The molecule has 0 aliphatic carbocycles. The number of rotatable bonds is 1. The molecular weight excluding hydrogens is 652 g/mol. The van der Waals surface area contributed by atoms with Gasteiger partial charge >= 0.3 is 21.1 Å². The first-order chi connectivity index (χ1) is 3.65. The van der Waals surface area contributed by atoms with Crippen molar-refractivity contribution >= 4 is 0 Å². The average molecular weight is 666 g/mol. The van der Waals surface area contributed by atoms with Crippen molar-refractivity contribution in [2.24, 2.45) is 5.11 Å². The van der Waals surface area contributed by atoms with Crippen LogP contribution in [0.4, 0.5) is 0 Å². The molecule has 0 N–H and O–H groups in total. The van der Waals surface area contributed by atoms with Crippen molar-refractivity contribution in [2.45, 2.75) is 27.7 Å². The summed E-state index contributed by atoms with van der Waals surface area (Å²) in [5.41, 5.74) is 7.50. The number of hydrogen-bond donors (Lipinski definition) is 0. The third-order valence-corrected chi connectivity index (χ3v) is 0.141. The van der Waals surface area contributed by atoms with E-state index in [0.717, 1.165) is 0 Å². The van der Waals surface area contributed by atoms with E-state index in [1.165, 1.54) is 5.92 Å². The van der Waals surface area contributed by atoms with Gasteiger partial charge in [-0.1, -0.05) is 0 Å². The van der Waals surface area contributed by atoms with Crippen LogP contribution in [0.5, 0.6) is 0 Å². The smallest absolute Gasteiger partial charge is 0.712 e. The van der Waals surface area contributed by atoms with Gasteiger partial charge in [-0.05, 0) is 6.92 Å². The third-order valence-electron chi connectivity index (χ3n) is 0.141. The summed E-state index contributed by atoms with van der Waals surface area (Å²) in [6.45, 7) is 8.51. The molecule has 0 heterocycles. The van der Waals surface area contributed by atoms with E-state index in [1.54, 1.807) is 6.92 Å². The van der Waals surface area contributed by atoms with E-state index in [4.69, 9.17) is 5.53 Å². The molecule has 0 fully saturated rings. The molecule has 0 spiro atoms. The van der Waals surface area contributed by atoms with E-state index in [2.05, 4.69) is 25.9 Å². The van der Waals surface area contributed by atoms with Crippen molar-refractivity contribution < 1.29 is 63.2 Å². The molecule has 0 amide bonds. The molecule has 0 aromatic carbocycles. The molecule has 0 saturated carbocycles. The standard InChI is InChI=1S/C4H9.C2H5N2.3W/c1-4(2)3;1-2-4-3;;;/h1-3H3;2H2,1H3;;;/q2*-1;;;+2. The van der Waals surface area contributed by atoms with Crippen LogP contribution in [0.2, 0.25) is 0 Å². The zero-order chi connectivity index (χ0) is 6.99. The Morgan fingerprint density at radius 1 is 1.18 bits per heavy atom. The quantitative estimate of drug-likeness (QED) is 0.305. The average Bonchev–Trinajstić information content (AvgIpc) is 1.65. The van der Waals surface area contributed by atoms with E-state index in [-0.39, 0.29) is 63.2 Å². The summed E-state index contributed by atoms with van der Waals surface area (Å²) < 4.78 is 0. The topological polar surface area (TPSA) is 34.7 Å². The van der Waals surface area contributed by atoms with E-state index < -0.39 is 0 Å². The Hall–Kier alpha value is 1.66. The number of nitrogens with zero attached hydrogens (tertiary/aromatic N) is 2. The fourth-order valence-electron chi connectivity index (χ4n) is 0. The SMILES string of the molecule is CCN=[N-].C[C-](C)C.[W+2].[W].[W]. The Labute approximate surface area is 113 Å². The van der Waals surface area contributed by atoms with Gasteiger partial charge < -0.3 is 16.6 Å². The summed E-state index contributed by atoms with van der Waals surface area (Å²) in [6.07, 6.45) is 0. The van der Waals surface area contributed by atoms with Crippen LogP contribution in [0.1, 0.15) is 27.7 Å². The van der Waals surface area contributed by atoms with Crippen molar-refractivity contribution in [1.29, 1.82) is 0 Å². The maximum Gasteiger partial charge on any atom is 2.00 e. The van der Waals surface area contributed by atoms with Crippen molar-refractivity contribution in [3.05, 3.63) is 11.4 Å². The van der Waals surface area contributed by atoms with Crippen molar-refractivity contribution in [3.63, 3.8) is 0 Å². The van der Waals surface area contributed by atoms with Crippen LogP contribution in [0.3, 0.4) is 0 Å². The van der Waals surface area contributed by atoms with Gasteiger partial charge in [0.1, 0.15) is 0 Å². The van der Waals surface area contributed by atoms with Crippen LogP contribution >= 0.6 is 0 Å². The minimum atomic E-state index is 0. The van der Waals surface area contributed by atoms with Crippen LogP contribution in [-0.4, -0.2) is 6.54 Å². The fourth-order valence-corrected chi connectivity index (χ4v) is 0. The Kier molecular flexibility index (Phi) is 79.6. The molecule has 0 saturated heterocycles. The van der Waals surface area contributed by atoms with Gasteiger partial charge in [0, 0.05) is 48.7 Å². The second-order valence-corrected chi connectivity index (χ2v) is 1.96. The summed E-state index contributed by atoms with van der Waals surface area (Å²) in [7, 11) is 0. The molecule has 5 heteroatoms. The molecule has 11 heavy (non-hydrogen) atoms. The maximum atomic E-state index is 7.50. The van der Waals surface area contributed by atoms with Crippen LogP contribution in [0.15, 0.2) is 5.11 Å². The zero-order valence-electron chi connectivity index (χ0n) is 7.33. The van der Waals surface area contributed by atoms with Gasteiger partial charge in [-0.25, -0.2) is 0 Å². The molecule has 0 aliphatic heterocycles. The summed E-state index contributed by atoms with van der Waals surface area (Å²) in [6, 6.07) is 0. The minimum Gasteiger partial charge on any atom is -0.712 e. The summed E-state index contributed by atoms with van der Waals surface area (Å²) in [4.78, 5) is 0. The number of hydrogen-bond acceptors (Lipinski definition) is 1. The van der Waals surface area contributed by atoms with E-state index in [1.807, 2.05) is 0 Å². The van der Waals surface area contributed by atoms with Gasteiger partial charge in [-0.3, -0.25) is 0 Å². The van der Waals surface area contributed by atoms with Crippen LogP contribution in [0, 0.1) is 5.92 Å². The second-order valence-electron chi connectivity index (χ2n) is 1.96. The molecule has 0 aromatic rings. The van der Waals surface area contributed by atoms with Crippen molar-refractivity contribution in [2.75, 3.05) is 6.54 Å². The molecule has 66 valence electrons. The summed E-state index contributed by atoms with van der Waals surface area (Å²) >= 11 is 0. The predicted molar refractivity (Wildman–Crippen MR) is 36.6 cm³/mol. The van der Waals surface area contributed by atoms with Crippen molar-refractivity contribution in [3.8, 4) is 0 Å². The monoisotopic (exact) mass is 666 g/mol. The molecule has 0 atom stereocenters. The zero-order valence-corrected chi connectivity index (χ0v) is 16.1. The normalized spacial score (nSPS) is 5.55. The van der Waals surface area contributed by atoms with Crippen LogP contribution in [-0.2, 0) is 63.2 Å². The first-order valence-electron chi connectivity index (χ1n) is 2.72. The summed E-state index contributed by atoms with van der Waals surface area (Å²) in [5.74, 6) is 1.42. The largest absolute Gasteiger partial charge is 2.00 e.